The zero-order chi connectivity index (χ0) is 7.40. The Balaban J connectivity index is 2.44. The zero-order valence-corrected chi connectivity index (χ0v) is 7.41. The number of allylic oxidation sites excluding steroid dienone is 2. The molecule has 0 saturated carbocycles. The molecular formula is C7H10BrNO. The zero-order valence-electron chi connectivity index (χ0n) is 5.83. The SMILES string of the molecule is CCOC1C=CC=CN1Br. The molecule has 0 fully saturated rings. The summed E-state index contributed by atoms with van der Waals surface area (Å²) in [6.45, 7) is 2.71. The van der Waals surface area contributed by atoms with Gasteiger partial charge in [-0.05, 0) is 19.1 Å². The van der Waals surface area contributed by atoms with E-state index in [0.29, 0.717) is 0 Å². The van der Waals surface area contributed by atoms with E-state index in [4.69, 9.17) is 4.74 Å². The second-order valence-electron chi connectivity index (χ2n) is 1.92. The summed E-state index contributed by atoms with van der Waals surface area (Å²) in [5.41, 5.74) is 0. The van der Waals surface area contributed by atoms with Crippen LogP contribution in [-0.2, 0) is 4.74 Å². The molecule has 0 radical (unpaired) electrons. The maximum Gasteiger partial charge on any atom is 0.158 e. The van der Waals surface area contributed by atoms with Crippen LogP contribution in [0.3, 0.4) is 0 Å². The van der Waals surface area contributed by atoms with Gasteiger partial charge in [-0.1, -0.05) is 6.08 Å². The predicted molar refractivity (Wildman–Crippen MR) is 44.5 cm³/mol. The van der Waals surface area contributed by atoms with E-state index in [1.807, 2.05) is 35.3 Å². The fourth-order valence-corrected chi connectivity index (χ4v) is 1.15. The molecule has 10 heavy (non-hydrogen) atoms. The van der Waals surface area contributed by atoms with Crippen molar-refractivity contribution in [1.29, 1.82) is 0 Å². The molecule has 0 saturated heterocycles. The quantitative estimate of drug-likeness (QED) is 0.638. The maximum absolute atomic E-state index is 5.34. The lowest BCUT2D eigenvalue weighted by Crippen LogP contribution is -2.24. The second kappa shape index (κ2) is 3.78. The van der Waals surface area contributed by atoms with Crippen LogP contribution in [0.1, 0.15) is 6.92 Å². The molecule has 1 heterocycles. The number of ether oxygens (including phenoxy) is 1. The molecule has 1 rings (SSSR count). The van der Waals surface area contributed by atoms with Crippen LogP contribution >= 0.6 is 16.1 Å². The molecule has 56 valence electrons. The summed E-state index contributed by atoms with van der Waals surface area (Å²) in [5.74, 6) is 0. The molecule has 0 aromatic carbocycles. The van der Waals surface area contributed by atoms with E-state index >= 15 is 0 Å². The van der Waals surface area contributed by atoms with E-state index in [2.05, 4.69) is 16.1 Å². The molecule has 0 aliphatic carbocycles. The molecule has 1 aliphatic heterocycles. The van der Waals surface area contributed by atoms with Crippen LogP contribution in [0.2, 0.25) is 0 Å². The number of hydrogen-bond donors (Lipinski definition) is 0. The van der Waals surface area contributed by atoms with Gasteiger partial charge in [0.2, 0.25) is 0 Å². The van der Waals surface area contributed by atoms with Crippen molar-refractivity contribution in [2.75, 3.05) is 6.61 Å². The van der Waals surface area contributed by atoms with E-state index in [0.717, 1.165) is 6.61 Å². The van der Waals surface area contributed by atoms with Crippen LogP contribution in [-0.4, -0.2) is 16.8 Å². The van der Waals surface area contributed by atoms with Gasteiger partial charge in [0.25, 0.3) is 0 Å². The first-order valence-corrected chi connectivity index (χ1v) is 3.96. The minimum Gasteiger partial charge on any atom is -0.354 e. The van der Waals surface area contributed by atoms with E-state index in [1.54, 1.807) is 0 Å². The Kier molecular flexibility index (Phi) is 2.96. The van der Waals surface area contributed by atoms with Gasteiger partial charge in [-0.15, -0.1) is 0 Å². The van der Waals surface area contributed by atoms with Crippen molar-refractivity contribution in [2.45, 2.75) is 13.2 Å². The van der Waals surface area contributed by atoms with Gasteiger partial charge in [-0.2, -0.15) is 0 Å². The summed E-state index contributed by atoms with van der Waals surface area (Å²) < 4.78 is 7.18. The van der Waals surface area contributed by atoms with Gasteiger partial charge in [0.05, 0.1) is 16.1 Å². The summed E-state index contributed by atoms with van der Waals surface area (Å²) >= 11 is 3.33. The maximum atomic E-state index is 5.34. The third-order valence-electron chi connectivity index (χ3n) is 1.20. The average Bonchev–Trinajstić information content (AvgIpc) is 1.94. The minimum absolute atomic E-state index is 0.0509. The van der Waals surface area contributed by atoms with Crippen LogP contribution in [0.5, 0.6) is 0 Å². The smallest absolute Gasteiger partial charge is 0.158 e. The number of nitrogens with zero attached hydrogens (tertiary/aromatic N) is 1. The first-order chi connectivity index (χ1) is 4.84. The number of rotatable bonds is 2. The molecule has 1 aliphatic rings. The third-order valence-corrected chi connectivity index (χ3v) is 1.84. The fraction of sp³-hybridized carbons (Fsp3) is 0.429. The minimum atomic E-state index is 0.0509. The number of hydrogen-bond acceptors (Lipinski definition) is 2. The van der Waals surface area contributed by atoms with Crippen LogP contribution in [0, 0.1) is 0 Å². The Bertz CT molecular complexity index is 156. The normalized spacial score (nSPS) is 23.8. The second-order valence-corrected chi connectivity index (χ2v) is 2.74. The Labute approximate surface area is 69.5 Å². The molecule has 0 spiro atoms. The summed E-state index contributed by atoms with van der Waals surface area (Å²) in [6.07, 6.45) is 7.87. The Morgan fingerprint density at radius 1 is 1.60 bits per heavy atom. The molecule has 2 nitrogen and oxygen atoms in total. The van der Waals surface area contributed by atoms with Gasteiger partial charge < -0.3 is 4.74 Å². The lowest BCUT2D eigenvalue weighted by atomic mass is 10.4. The lowest BCUT2D eigenvalue weighted by Gasteiger charge is -2.22. The third kappa shape index (κ3) is 1.85. The molecule has 1 unspecified atom stereocenters. The van der Waals surface area contributed by atoms with Gasteiger partial charge in [0.15, 0.2) is 6.23 Å². The van der Waals surface area contributed by atoms with Crippen LogP contribution in [0.4, 0.5) is 0 Å². The number of halogens is 1. The van der Waals surface area contributed by atoms with Crippen LogP contribution in [0.25, 0.3) is 0 Å². The molecule has 0 N–H and O–H groups in total. The van der Waals surface area contributed by atoms with E-state index in [1.165, 1.54) is 0 Å². The van der Waals surface area contributed by atoms with Gasteiger partial charge in [0.1, 0.15) is 0 Å². The van der Waals surface area contributed by atoms with Crippen molar-refractivity contribution < 1.29 is 4.74 Å². The predicted octanol–water partition coefficient (Wildman–Crippen LogP) is 2.04. The van der Waals surface area contributed by atoms with Crippen molar-refractivity contribution >= 4 is 16.1 Å². The van der Waals surface area contributed by atoms with Gasteiger partial charge >= 0.3 is 0 Å². The Morgan fingerprint density at radius 3 is 3.00 bits per heavy atom. The van der Waals surface area contributed by atoms with Crippen molar-refractivity contribution in [3.63, 3.8) is 0 Å². The summed E-state index contributed by atoms with van der Waals surface area (Å²) in [7, 11) is 0. The summed E-state index contributed by atoms with van der Waals surface area (Å²) in [5, 5.41) is 0. The van der Waals surface area contributed by atoms with Gasteiger partial charge in [-0.25, -0.2) is 0 Å². The molecule has 3 heteroatoms. The highest BCUT2D eigenvalue weighted by Crippen LogP contribution is 2.13. The summed E-state index contributed by atoms with van der Waals surface area (Å²) in [4.78, 5) is 0. The Morgan fingerprint density at radius 2 is 2.40 bits per heavy atom. The lowest BCUT2D eigenvalue weighted by molar-refractivity contribution is 0.0461. The van der Waals surface area contributed by atoms with Crippen LogP contribution < -0.4 is 0 Å². The highest BCUT2D eigenvalue weighted by molar-refractivity contribution is 9.07. The average molecular weight is 204 g/mol. The monoisotopic (exact) mass is 203 g/mol. The van der Waals surface area contributed by atoms with Gasteiger partial charge in [0, 0.05) is 12.8 Å². The van der Waals surface area contributed by atoms with Crippen LogP contribution in [0.15, 0.2) is 24.4 Å². The van der Waals surface area contributed by atoms with E-state index in [-0.39, 0.29) is 6.23 Å². The van der Waals surface area contributed by atoms with Gasteiger partial charge in [-0.3, -0.25) is 3.93 Å². The molecule has 0 aromatic heterocycles. The first kappa shape index (κ1) is 7.82. The molecule has 0 bridgehead atoms. The van der Waals surface area contributed by atoms with E-state index in [9.17, 15) is 0 Å². The standard InChI is InChI=1S/C7H10BrNO/c1-2-10-7-5-3-4-6-9(7)8/h3-7H,2H2,1H3. The van der Waals surface area contributed by atoms with Crippen molar-refractivity contribution in [3.8, 4) is 0 Å². The van der Waals surface area contributed by atoms with E-state index < -0.39 is 0 Å². The molecule has 0 amide bonds. The van der Waals surface area contributed by atoms with Crippen molar-refractivity contribution in [2.24, 2.45) is 0 Å². The Hall–Kier alpha value is -0.280. The largest absolute Gasteiger partial charge is 0.354 e. The molecular weight excluding hydrogens is 194 g/mol. The highest BCUT2D eigenvalue weighted by Gasteiger charge is 2.09. The topological polar surface area (TPSA) is 12.5 Å². The highest BCUT2D eigenvalue weighted by atomic mass is 79.9. The summed E-state index contributed by atoms with van der Waals surface area (Å²) in [6, 6.07) is 0. The molecule has 0 aromatic rings. The van der Waals surface area contributed by atoms with Crippen molar-refractivity contribution in [3.05, 3.63) is 24.4 Å². The first-order valence-electron chi connectivity index (χ1n) is 3.25. The molecule has 1 atom stereocenters. The fourth-order valence-electron chi connectivity index (χ4n) is 0.756. The van der Waals surface area contributed by atoms with Crippen molar-refractivity contribution in [1.82, 2.24) is 3.93 Å².